The predicted octanol–water partition coefficient (Wildman–Crippen LogP) is 2.64. The average molecular weight is 516 g/mol. The van der Waals surface area contributed by atoms with Gasteiger partial charge in [0.25, 0.3) is 0 Å². The van der Waals surface area contributed by atoms with Crippen LogP contribution in [0.25, 0.3) is 22.4 Å². The third-order valence-corrected chi connectivity index (χ3v) is 6.33. The van der Waals surface area contributed by atoms with Crippen LogP contribution in [-0.4, -0.2) is 38.1 Å². The van der Waals surface area contributed by atoms with Crippen LogP contribution >= 0.6 is 0 Å². The number of hydrogen-bond donors (Lipinski definition) is 3. The Balaban J connectivity index is 2.05. The Morgan fingerprint density at radius 2 is 1.56 bits per heavy atom. The number of hydrogen-bond acceptors (Lipinski definition) is 8. The Morgan fingerprint density at radius 1 is 1.00 bits per heavy atom. The lowest BCUT2D eigenvalue weighted by atomic mass is 9.97. The Kier molecular flexibility index (Phi) is 7.67. The van der Waals surface area contributed by atoms with E-state index in [1.165, 1.54) is 41.3 Å². The first-order valence-corrected chi connectivity index (χ1v) is 12.4. The number of anilines is 1. The van der Waals surface area contributed by atoms with E-state index in [1.54, 1.807) is 12.1 Å². The lowest BCUT2D eigenvalue weighted by molar-refractivity contribution is -0.144. The van der Waals surface area contributed by atoms with Crippen LogP contribution in [0.3, 0.4) is 0 Å². The van der Waals surface area contributed by atoms with Crippen molar-refractivity contribution in [1.29, 1.82) is 0 Å². The maximum absolute atomic E-state index is 13.3. The molecule has 0 spiro atoms. The van der Waals surface area contributed by atoms with Crippen LogP contribution in [0.2, 0.25) is 0 Å². The van der Waals surface area contributed by atoms with Gasteiger partial charge in [-0.3, -0.25) is 4.21 Å². The van der Waals surface area contributed by atoms with Gasteiger partial charge < -0.3 is 15.5 Å². The van der Waals surface area contributed by atoms with Gasteiger partial charge >= 0.3 is 6.18 Å². The molecule has 0 aliphatic carbocycles. The third kappa shape index (κ3) is 6.36. The maximum Gasteiger partial charge on any atom is 0.451 e. The number of alkyl halides is 3. The van der Waals surface area contributed by atoms with Crippen molar-refractivity contribution < 1.29 is 35.6 Å². The molecule has 34 heavy (non-hydrogen) atoms. The van der Waals surface area contributed by atoms with Gasteiger partial charge in [0.2, 0.25) is 15.8 Å². The maximum atomic E-state index is 13.3. The number of halogens is 3. The van der Waals surface area contributed by atoms with Crippen molar-refractivity contribution in [1.82, 2.24) is 14.9 Å². The summed E-state index contributed by atoms with van der Waals surface area (Å²) in [4.78, 5) is 8.33. The fraction of sp³-hybridized carbons (Fsp3) is 0.200. The summed E-state index contributed by atoms with van der Waals surface area (Å²) in [5.74, 6) is -2.47. The number of rotatable bonds is 8. The first-order chi connectivity index (χ1) is 15.9. The second-order valence-corrected chi connectivity index (χ2v) is 9.87. The van der Waals surface area contributed by atoms with Gasteiger partial charge in [-0.05, 0) is 23.1 Å². The Hall–Kier alpha value is -2.91. The van der Waals surface area contributed by atoms with Crippen molar-refractivity contribution in [2.24, 2.45) is 0 Å². The summed E-state index contributed by atoms with van der Waals surface area (Å²) < 4.78 is 84.6. The van der Waals surface area contributed by atoms with Gasteiger partial charge in [0.15, 0.2) is 0 Å². The van der Waals surface area contributed by atoms with Crippen molar-refractivity contribution >= 4 is 26.9 Å². The number of nitrogens with two attached hydrogens (primary N) is 1. The molecule has 2 aromatic carbocycles. The zero-order valence-electron chi connectivity index (χ0n) is 17.2. The smallest absolute Gasteiger partial charge is 0.451 e. The van der Waals surface area contributed by atoms with E-state index in [2.05, 4.69) is 9.97 Å². The highest BCUT2D eigenvalue weighted by Crippen LogP contribution is 2.38. The molecular formula is C20H18F3N4O5S2-. The topological polar surface area (TPSA) is 158 Å². The first-order valence-electron chi connectivity index (χ1n) is 9.52. The van der Waals surface area contributed by atoms with Crippen LogP contribution in [0.4, 0.5) is 19.0 Å². The molecule has 14 heteroatoms. The molecule has 0 aliphatic rings. The minimum absolute atomic E-state index is 0.0740. The van der Waals surface area contributed by atoms with E-state index < -0.39 is 38.9 Å². The second-order valence-electron chi connectivity index (χ2n) is 7.16. The van der Waals surface area contributed by atoms with Crippen molar-refractivity contribution in [2.75, 3.05) is 11.5 Å². The zero-order valence-corrected chi connectivity index (χ0v) is 18.9. The van der Waals surface area contributed by atoms with Crippen LogP contribution in [0.1, 0.15) is 17.0 Å². The van der Waals surface area contributed by atoms with E-state index in [-0.39, 0.29) is 34.7 Å². The number of aromatic nitrogens is 2. The van der Waals surface area contributed by atoms with Crippen molar-refractivity contribution in [3.63, 3.8) is 0 Å². The SMILES string of the molecule is Nc1nc(C(F)(F)F)nc(-c2ccc(CS(=O)[O-])cc2)c1-c1ccc(CCS(=O)(=O)NO)cc1. The van der Waals surface area contributed by atoms with E-state index >= 15 is 0 Å². The Labute approximate surface area is 195 Å². The quantitative estimate of drug-likeness (QED) is 0.305. The Morgan fingerprint density at radius 3 is 2.09 bits per heavy atom. The molecule has 1 unspecified atom stereocenters. The van der Waals surface area contributed by atoms with Crippen LogP contribution in [-0.2, 0) is 39.5 Å². The summed E-state index contributed by atoms with van der Waals surface area (Å²) in [6.45, 7) is 0. The molecule has 0 amide bonds. The van der Waals surface area contributed by atoms with Crippen molar-refractivity contribution in [3.8, 4) is 22.4 Å². The number of sulfonamides is 1. The van der Waals surface area contributed by atoms with E-state index in [0.717, 1.165) is 0 Å². The molecule has 0 bridgehead atoms. The van der Waals surface area contributed by atoms with Crippen LogP contribution in [0.15, 0.2) is 48.5 Å². The molecule has 0 saturated carbocycles. The third-order valence-electron chi connectivity index (χ3n) is 4.74. The molecule has 0 radical (unpaired) electrons. The van der Waals surface area contributed by atoms with Crippen LogP contribution in [0, 0.1) is 0 Å². The molecule has 1 heterocycles. The van der Waals surface area contributed by atoms with Gasteiger partial charge in [-0.25, -0.2) is 18.4 Å². The van der Waals surface area contributed by atoms with Crippen molar-refractivity contribution in [3.05, 3.63) is 65.5 Å². The normalized spacial score (nSPS) is 13.1. The van der Waals surface area contributed by atoms with Gasteiger partial charge in [0.05, 0.1) is 17.0 Å². The standard InChI is InChI=1S/C20H19F3N4O5S2/c21-20(22,23)19-25-17(15-7-3-13(4-8-15)11-33(29)30)16(18(24)26-19)14-5-1-12(2-6-14)9-10-34(31,32)27-28/h1-8,27-28H,9-11H2,(H,29,30)(H2,24,25,26)/p-1. The second kappa shape index (κ2) is 10.1. The molecule has 1 atom stereocenters. The summed E-state index contributed by atoms with van der Waals surface area (Å²) in [5.41, 5.74) is 7.61. The van der Waals surface area contributed by atoms with E-state index in [9.17, 15) is 30.4 Å². The molecule has 3 aromatic rings. The number of nitrogen functional groups attached to an aromatic ring is 1. The predicted molar refractivity (Wildman–Crippen MR) is 117 cm³/mol. The van der Waals surface area contributed by atoms with Gasteiger partial charge in [-0.1, -0.05) is 64.5 Å². The molecule has 182 valence electrons. The summed E-state index contributed by atoms with van der Waals surface area (Å²) in [6, 6.07) is 12.0. The number of aryl methyl sites for hydroxylation is 1. The van der Waals surface area contributed by atoms with Crippen LogP contribution < -0.4 is 10.6 Å². The van der Waals surface area contributed by atoms with Crippen molar-refractivity contribution in [2.45, 2.75) is 18.3 Å². The molecule has 9 nitrogen and oxygen atoms in total. The lowest BCUT2D eigenvalue weighted by Gasteiger charge is -2.16. The Bertz CT molecular complexity index is 1300. The fourth-order valence-electron chi connectivity index (χ4n) is 3.13. The average Bonchev–Trinajstić information content (AvgIpc) is 2.77. The molecule has 0 fully saturated rings. The largest absolute Gasteiger partial charge is 0.772 e. The van der Waals surface area contributed by atoms with Gasteiger partial charge in [-0.15, -0.1) is 0 Å². The summed E-state index contributed by atoms with van der Waals surface area (Å²) >= 11 is -2.33. The van der Waals surface area contributed by atoms with E-state index in [1.807, 2.05) is 0 Å². The molecule has 3 rings (SSSR count). The number of benzene rings is 2. The molecule has 4 N–H and O–H groups in total. The summed E-state index contributed by atoms with van der Waals surface area (Å²) in [6.07, 6.45) is -4.78. The monoisotopic (exact) mass is 515 g/mol. The molecule has 0 aliphatic heterocycles. The summed E-state index contributed by atoms with van der Waals surface area (Å²) in [7, 11) is -3.84. The van der Waals surface area contributed by atoms with E-state index in [4.69, 9.17) is 10.9 Å². The highest BCUT2D eigenvalue weighted by atomic mass is 32.2. The highest BCUT2D eigenvalue weighted by molar-refractivity contribution is 7.89. The highest BCUT2D eigenvalue weighted by Gasteiger charge is 2.36. The van der Waals surface area contributed by atoms with Gasteiger partial charge in [0.1, 0.15) is 5.82 Å². The first kappa shape index (κ1) is 25.7. The zero-order chi connectivity index (χ0) is 25.1. The molecule has 0 saturated heterocycles. The van der Waals surface area contributed by atoms with Gasteiger partial charge in [-0.2, -0.15) is 13.2 Å². The lowest BCUT2D eigenvalue weighted by Crippen LogP contribution is -2.23. The fourth-order valence-corrected chi connectivity index (χ4v) is 4.19. The molecule has 1 aromatic heterocycles. The minimum Gasteiger partial charge on any atom is -0.772 e. The van der Waals surface area contributed by atoms with Gasteiger partial charge in [0, 0.05) is 11.3 Å². The van der Waals surface area contributed by atoms with Crippen LogP contribution in [0.5, 0.6) is 0 Å². The minimum atomic E-state index is -4.85. The number of nitrogens with one attached hydrogen (secondary N) is 1. The number of nitrogens with zero attached hydrogens (tertiary/aromatic N) is 2. The molecular weight excluding hydrogens is 497 g/mol. The van der Waals surface area contributed by atoms with E-state index in [0.29, 0.717) is 16.7 Å². The summed E-state index contributed by atoms with van der Waals surface area (Å²) in [5, 5.41) is 8.60.